The van der Waals surface area contributed by atoms with E-state index in [4.69, 9.17) is 11.5 Å². The average Bonchev–Trinajstić information content (AvgIpc) is 1.66. The van der Waals surface area contributed by atoms with Crippen LogP contribution in [-0.2, 0) is 123 Å². The van der Waals surface area contributed by atoms with Gasteiger partial charge in [0, 0.05) is 125 Å². The lowest BCUT2D eigenvalue weighted by atomic mass is 9.99. The number of nitrogens with zero attached hydrogens (tertiary/aromatic N) is 7. The number of amides is 16. The molecule has 15 atom stereocenters. The number of fused-ring (bicyclic) bond motifs is 4. The number of benzene rings is 3. The minimum Gasteiger partial charge on any atom is -0.508 e. The first kappa shape index (κ1) is 109. The summed E-state index contributed by atoms with van der Waals surface area (Å²) >= 11 is 0.761. The number of carboxylic acid groups (broad SMARTS) is 3. The second-order valence-electron chi connectivity index (χ2n) is 35.6. The number of H-pyrrole nitrogens is 2. The number of hydrogen-bond acceptors (Lipinski definition) is 24. The highest BCUT2D eigenvalue weighted by Gasteiger charge is 2.47. The van der Waals surface area contributed by atoms with Crippen molar-refractivity contribution in [1.29, 1.82) is 0 Å². The van der Waals surface area contributed by atoms with Crippen LogP contribution in [0.25, 0.3) is 21.8 Å². The molecule has 3 aromatic carbocycles. The normalized spacial score (nSPS) is 24.4. The number of para-hydroxylation sites is 2. The second-order valence-corrected chi connectivity index (χ2v) is 36.6. The Morgan fingerprint density at radius 3 is 1.78 bits per heavy atom. The van der Waals surface area contributed by atoms with E-state index < -0.39 is 273 Å². The average molecular weight is 1960 g/mol. The van der Waals surface area contributed by atoms with E-state index in [2.05, 4.69) is 68.1 Å². The van der Waals surface area contributed by atoms with Crippen molar-refractivity contribution in [1.82, 2.24) is 97.2 Å². The Kier molecular flexibility index (Phi) is 40.2. The van der Waals surface area contributed by atoms with Gasteiger partial charge in [0.1, 0.15) is 96.9 Å². The Bertz CT molecular complexity index is 5420. The van der Waals surface area contributed by atoms with E-state index in [1.54, 1.807) is 68.6 Å². The maximum atomic E-state index is 16.0. The monoisotopic (exact) mass is 1950 g/mol. The fourth-order valence-corrected chi connectivity index (χ4v) is 18.1. The van der Waals surface area contributed by atoms with Gasteiger partial charge < -0.3 is 129 Å². The molecule has 3 saturated heterocycles. The Balaban J connectivity index is 1.12. The zero-order valence-corrected chi connectivity index (χ0v) is 79.7. The van der Waals surface area contributed by atoms with Crippen molar-refractivity contribution >= 4 is 146 Å². The van der Waals surface area contributed by atoms with Crippen molar-refractivity contribution < 1.29 is 117 Å². The van der Waals surface area contributed by atoms with Crippen LogP contribution in [0.4, 0.5) is 0 Å². The summed E-state index contributed by atoms with van der Waals surface area (Å²) in [6.07, 6.45) is 0.568. The fraction of sp³-hybridized carbons (Fsp3) is 0.527. The van der Waals surface area contributed by atoms with Crippen molar-refractivity contribution in [3.05, 3.63) is 120 Å². The predicted molar refractivity (Wildman–Crippen MR) is 504 cm³/mol. The lowest BCUT2D eigenvalue weighted by Gasteiger charge is -2.36. The van der Waals surface area contributed by atoms with E-state index in [9.17, 15) is 78.3 Å². The van der Waals surface area contributed by atoms with Crippen molar-refractivity contribution in [3.8, 4) is 5.75 Å². The Labute approximate surface area is 805 Å². The molecule has 16 amide bonds. The number of phenolic OH excluding ortho intramolecular Hbond substituents is 1. The molecule has 3 aliphatic rings. The maximum Gasteiger partial charge on any atom is 0.323 e. The third-order valence-corrected chi connectivity index (χ3v) is 25.8. The van der Waals surface area contributed by atoms with Crippen molar-refractivity contribution in [2.75, 3.05) is 58.8 Å². The van der Waals surface area contributed by atoms with Crippen LogP contribution in [0.5, 0.6) is 5.75 Å². The molecule has 21 N–H and O–H groups in total. The zero-order valence-electron chi connectivity index (χ0n) is 78.8. The number of aromatic amines is 2. The lowest BCUT2D eigenvalue weighted by Crippen LogP contribution is -2.61. The van der Waals surface area contributed by atoms with E-state index in [0.29, 0.717) is 64.2 Å². The molecule has 0 radical (unpaired) electrons. The van der Waals surface area contributed by atoms with Gasteiger partial charge in [-0.2, -0.15) is 0 Å². The van der Waals surface area contributed by atoms with Crippen LogP contribution in [0.2, 0.25) is 0 Å². The largest absolute Gasteiger partial charge is 0.508 e. The Hall–Kier alpha value is -14.1. The van der Waals surface area contributed by atoms with Gasteiger partial charge in [-0.15, -0.1) is 11.8 Å². The standard InChI is InChI=1S/C93H127N21O24S/c1-9-11-21-71-86(131)103-63(34-50(3)4)83(128)108-69(81(126)98-43-75(95)117)47-139-48-76(118)100-66(35-52-25-27-56(115)28-26-52)89(134)109(6)51(5)80(125)106-68(40-78(121)122)92(137)113-33-17-24-72(113)87(132)105-65(38-55-42-96-49-99-55)85(130)102-62(29-30-77(119)120)91(136)114-45-57(116)39-74(114)88(133)104-64(36-53-41-97-60-20-15-13-18-58(53)60)84(129)101-61(31-32-94)82(127)107-67(90(135)111(8)73(22-12-10-2)93(138)110(71)7)37-54-44-112(46-79(123)124)70-23-16-14-19-59(54)70/h13-16,18-20,23,25-28,41-42,44,49-51,57,61-69,71-74,97,115-116H,9-12,17,21-22,24,29-40,43,45-48,94H2,1-8H3,(H2,95,117)(H,96,99)(H,98,126)(H,100,118)(H,101,129)(H,102,130)(H,103,131)(H,104,133)(H,105,132)(H,106,125)(H,107,127)(H,108,128)(H,119,120)(H,121,122)(H,123,124)/t51-,57+,61-,62-,63-,64-,65-,66-,67-,68-,69-,71-,72-,73-,74-/m0/s1. The molecule has 46 heteroatoms. The van der Waals surface area contributed by atoms with E-state index in [-0.39, 0.29) is 81.8 Å². The molecule has 0 spiro atoms. The first-order valence-corrected chi connectivity index (χ1v) is 47.4. The van der Waals surface area contributed by atoms with Gasteiger partial charge in [0.15, 0.2) is 0 Å². The van der Waals surface area contributed by atoms with Crippen molar-refractivity contribution in [2.24, 2.45) is 17.4 Å². The number of nitrogens with two attached hydrogens (primary N) is 2. The molecule has 0 unspecified atom stereocenters. The molecule has 0 bridgehead atoms. The summed E-state index contributed by atoms with van der Waals surface area (Å²) in [5.74, 6) is -21.7. The van der Waals surface area contributed by atoms with E-state index in [0.717, 1.165) is 36.3 Å². The number of thioether (sulfide) groups is 1. The highest BCUT2D eigenvalue weighted by Crippen LogP contribution is 2.29. The molecule has 3 aliphatic heterocycles. The maximum absolute atomic E-state index is 16.0. The van der Waals surface area contributed by atoms with Gasteiger partial charge in [-0.3, -0.25) is 91.1 Å². The topological polar surface area (TPSA) is 663 Å². The quantitative estimate of drug-likeness (QED) is 0.0257. The number of hydrogen-bond donors (Lipinski definition) is 19. The molecule has 9 rings (SSSR count). The summed E-state index contributed by atoms with van der Waals surface area (Å²) in [6.45, 7) is 5.94. The molecule has 0 saturated carbocycles. The summed E-state index contributed by atoms with van der Waals surface area (Å²) in [7, 11) is 3.83. The number of primary amides is 1. The van der Waals surface area contributed by atoms with Crippen LogP contribution < -0.4 is 64.6 Å². The fourth-order valence-electron chi connectivity index (χ4n) is 17.2. The van der Waals surface area contributed by atoms with Crippen LogP contribution in [0.3, 0.4) is 0 Å². The van der Waals surface area contributed by atoms with Crippen molar-refractivity contribution in [3.63, 3.8) is 0 Å². The highest BCUT2D eigenvalue weighted by atomic mass is 32.2. The summed E-state index contributed by atoms with van der Waals surface area (Å²) in [5, 5.41) is 79.4. The number of carboxylic acids is 3. The van der Waals surface area contributed by atoms with Crippen LogP contribution in [0.15, 0.2) is 97.7 Å². The Morgan fingerprint density at radius 2 is 1.14 bits per heavy atom. The first-order chi connectivity index (χ1) is 66.1. The number of unbranched alkanes of at least 4 members (excludes halogenated alkanes) is 2. The van der Waals surface area contributed by atoms with E-state index in [1.807, 2.05) is 13.8 Å². The number of phenols is 1. The van der Waals surface area contributed by atoms with Crippen LogP contribution >= 0.6 is 11.8 Å². The molecular weight excluding hydrogens is 1830 g/mol. The molecule has 3 aromatic heterocycles. The van der Waals surface area contributed by atoms with Gasteiger partial charge in [0.25, 0.3) is 0 Å². The summed E-state index contributed by atoms with van der Waals surface area (Å²) in [4.78, 5) is 291. The molecule has 139 heavy (non-hydrogen) atoms. The second kappa shape index (κ2) is 51.4. The number of rotatable bonds is 28. The molecular formula is C93H127N21O24S. The molecule has 0 aliphatic carbocycles. The number of aromatic hydroxyl groups is 1. The predicted octanol–water partition coefficient (Wildman–Crippen LogP) is -1.81. The number of aliphatic hydroxyl groups excluding tert-OH is 1. The van der Waals surface area contributed by atoms with Crippen LogP contribution in [0, 0.1) is 5.92 Å². The summed E-state index contributed by atoms with van der Waals surface area (Å²) in [5.41, 5.74) is 14.1. The zero-order chi connectivity index (χ0) is 102. The smallest absolute Gasteiger partial charge is 0.323 e. The summed E-state index contributed by atoms with van der Waals surface area (Å²) in [6, 6.07) is -3.84. The number of aromatic nitrogens is 4. The highest BCUT2D eigenvalue weighted by molar-refractivity contribution is 8.00. The SMILES string of the molecule is CCCC[C@H]1C(=O)N(C)[C@@H](CCCC)C(=O)N[C@@H](CC(C)C)C(=O)N[C@H](C(=O)NCC(N)=O)CSCC(=O)N[C@@H](Cc2ccc(O)cc2)C(=O)N(C)[C@@H](C)C(=O)N[C@@H](CC(=O)O)C(=O)N2CCC[C@H]2C(=O)N[C@@H](Cc2cnc[nH]2)C(=O)N[C@@H](CCC(=O)O)C(=O)N2C[C@H](O)C[C@H]2C(=O)N[C@@H](Cc2c[nH]c3ccccc23)C(=O)N[C@@H](CCN)C(=O)N[C@@H](Cc2cn(CC(=O)O)c3ccccc23)C(=O)N1C. The van der Waals surface area contributed by atoms with E-state index in [1.165, 1.54) is 75.6 Å². The molecule has 754 valence electrons. The van der Waals surface area contributed by atoms with Gasteiger partial charge in [0.2, 0.25) is 94.5 Å². The molecule has 6 heterocycles. The molecule has 45 nitrogen and oxygen atoms in total. The number of imidazole rings is 1. The lowest BCUT2D eigenvalue weighted by molar-refractivity contribution is -0.149. The first-order valence-electron chi connectivity index (χ1n) is 46.3. The minimum atomic E-state index is -1.95. The van der Waals surface area contributed by atoms with Gasteiger partial charge in [0.05, 0.1) is 31.1 Å². The van der Waals surface area contributed by atoms with Gasteiger partial charge >= 0.3 is 17.9 Å². The van der Waals surface area contributed by atoms with Gasteiger partial charge in [-0.25, -0.2) is 4.98 Å². The Morgan fingerprint density at radius 1 is 0.561 bits per heavy atom. The number of likely N-dealkylation sites (N-methyl/N-ethyl adjacent to an activating group) is 3. The van der Waals surface area contributed by atoms with Crippen molar-refractivity contribution in [2.45, 2.75) is 247 Å². The minimum absolute atomic E-state index is 0.0186. The van der Waals surface area contributed by atoms with Crippen LogP contribution in [0.1, 0.15) is 147 Å². The number of aliphatic hydroxyl groups is 1. The molecule has 6 aromatic rings. The number of aliphatic carboxylic acids is 3. The number of nitrogens with one attached hydrogen (secondary N) is 12. The third-order valence-electron chi connectivity index (χ3n) is 24.7. The number of carbonyl (C=O) groups is 19. The van der Waals surface area contributed by atoms with Crippen LogP contribution in [-0.4, -0.2) is 331 Å². The van der Waals surface area contributed by atoms with Gasteiger partial charge in [-0.1, -0.05) is 102 Å². The third kappa shape index (κ3) is 30.2. The van der Waals surface area contributed by atoms with Gasteiger partial charge in [-0.05, 0) is 105 Å². The summed E-state index contributed by atoms with van der Waals surface area (Å²) < 4.78 is 1.42. The number of carbonyl (C=O) groups excluding carboxylic acids is 16. The molecule has 3 fully saturated rings. The van der Waals surface area contributed by atoms with E-state index >= 15 is 38.4 Å².